The van der Waals surface area contributed by atoms with E-state index in [1.165, 1.54) is 7.11 Å². The molecular formula is C22H18N2O6. The number of nitrogens with one attached hydrogen (secondary N) is 1. The third-order valence-corrected chi connectivity index (χ3v) is 5.17. The number of hydrogen-bond acceptors (Lipinski definition) is 7. The summed E-state index contributed by atoms with van der Waals surface area (Å²) >= 11 is 0. The van der Waals surface area contributed by atoms with Crippen molar-refractivity contribution in [3.05, 3.63) is 71.2 Å². The Morgan fingerprint density at radius 1 is 1.13 bits per heavy atom. The first-order chi connectivity index (χ1) is 14.6. The molecule has 0 aliphatic carbocycles. The molecule has 3 aromatic rings. The molecule has 152 valence electrons. The first-order valence-corrected chi connectivity index (χ1v) is 9.34. The molecule has 0 radical (unpaired) electrons. The monoisotopic (exact) mass is 406 g/mol. The van der Waals surface area contributed by atoms with Crippen molar-refractivity contribution in [3.63, 3.8) is 0 Å². The minimum absolute atomic E-state index is 0.136. The van der Waals surface area contributed by atoms with Crippen LogP contribution in [0.1, 0.15) is 38.4 Å². The number of amides is 1. The molecule has 2 aliphatic heterocycles. The first-order valence-electron chi connectivity index (χ1n) is 9.34. The van der Waals surface area contributed by atoms with Crippen LogP contribution in [0.5, 0.6) is 11.5 Å². The molecule has 30 heavy (non-hydrogen) atoms. The van der Waals surface area contributed by atoms with E-state index in [1.807, 2.05) is 18.2 Å². The van der Waals surface area contributed by atoms with E-state index in [0.29, 0.717) is 45.5 Å². The van der Waals surface area contributed by atoms with E-state index in [9.17, 15) is 9.59 Å². The highest BCUT2D eigenvalue weighted by atomic mass is 16.7. The fourth-order valence-corrected chi connectivity index (χ4v) is 3.71. The molecule has 8 heteroatoms. The van der Waals surface area contributed by atoms with Crippen LogP contribution in [0.4, 0.5) is 11.4 Å². The summed E-state index contributed by atoms with van der Waals surface area (Å²) in [5, 5.41) is 3.34. The van der Waals surface area contributed by atoms with Crippen LogP contribution in [0.3, 0.4) is 0 Å². The largest absolute Gasteiger partial charge is 0.465 e. The zero-order valence-electron chi connectivity index (χ0n) is 16.3. The number of esters is 1. The Labute approximate surface area is 171 Å². The molecule has 0 fully saturated rings. The van der Waals surface area contributed by atoms with Gasteiger partial charge in [-0.1, -0.05) is 12.1 Å². The van der Waals surface area contributed by atoms with E-state index in [4.69, 9.17) is 18.6 Å². The Morgan fingerprint density at radius 2 is 1.93 bits per heavy atom. The topological polar surface area (TPSA) is 90.2 Å². The number of para-hydroxylation sites is 1. The molecule has 1 N–H and O–H groups in total. The number of ether oxygens (including phenoxy) is 3. The summed E-state index contributed by atoms with van der Waals surface area (Å²) in [5.41, 5.74) is 2.12. The number of rotatable bonds is 3. The van der Waals surface area contributed by atoms with Crippen LogP contribution in [0, 0.1) is 6.92 Å². The number of furan rings is 1. The van der Waals surface area contributed by atoms with Crippen LogP contribution in [0.2, 0.25) is 0 Å². The fraction of sp³-hybridized carbons (Fsp3) is 0.182. The van der Waals surface area contributed by atoms with Crippen LogP contribution in [-0.4, -0.2) is 25.8 Å². The van der Waals surface area contributed by atoms with Crippen molar-refractivity contribution in [1.82, 2.24) is 0 Å². The van der Waals surface area contributed by atoms with Gasteiger partial charge in [-0.25, -0.2) is 4.79 Å². The third-order valence-electron chi connectivity index (χ3n) is 5.17. The number of aryl methyl sites for hydroxylation is 1. The lowest BCUT2D eigenvalue weighted by molar-refractivity contribution is 0.0598. The molecule has 1 aromatic heterocycles. The Hall–Kier alpha value is -3.94. The van der Waals surface area contributed by atoms with Crippen LogP contribution in [0.25, 0.3) is 0 Å². The van der Waals surface area contributed by atoms with Crippen molar-refractivity contribution in [3.8, 4) is 11.5 Å². The molecule has 3 heterocycles. The van der Waals surface area contributed by atoms with E-state index in [-0.39, 0.29) is 12.7 Å². The SMILES string of the molecule is COC(=O)c1cc(C2Nc3ccccc3C(=O)N2c2ccc3c(c2)OCO3)oc1C. The molecule has 1 unspecified atom stereocenters. The van der Waals surface area contributed by atoms with Crippen molar-refractivity contribution >= 4 is 23.3 Å². The predicted octanol–water partition coefficient (Wildman–Crippen LogP) is 3.87. The number of fused-ring (bicyclic) bond motifs is 2. The Balaban J connectivity index is 1.63. The zero-order chi connectivity index (χ0) is 20.8. The van der Waals surface area contributed by atoms with Gasteiger partial charge in [0.15, 0.2) is 17.7 Å². The molecule has 1 atom stereocenters. The predicted molar refractivity (Wildman–Crippen MR) is 107 cm³/mol. The van der Waals surface area contributed by atoms with Crippen molar-refractivity contribution in [2.24, 2.45) is 0 Å². The molecule has 2 aromatic carbocycles. The van der Waals surface area contributed by atoms with E-state index < -0.39 is 12.1 Å². The van der Waals surface area contributed by atoms with Gasteiger partial charge in [-0.15, -0.1) is 0 Å². The van der Waals surface area contributed by atoms with Crippen LogP contribution >= 0.6 is 0 Å². The summed E-state index contributed by atoms with van der Waals surface area (Å²) in [6.45, 7) is 1.82. The number of nitrogens with zero attached hydrogens (tertiary/aromatic N) is 1. The van der Waals surface area contributed by atoms with Gasteiger partial charge >= 0.3 is 5.97 Å². The minimum Gasteiger partial charge on any atom is -0.465 e. The molecule has 1 amide bonds. The maximum atomic E-state index is 13.5. The standard InChI is InChI=1S/C22H18N2O6/c1-12-15(22(26)27-2)10-19(30-12)20-23-16-6-4-3-5-14(16)21(25)24(20)13-7-8-17-18(9-13)29-11-28-17/h3-10,20,23H,11H2,1-2H3. The number of benzene rings is 2. The van der Waals surface area contributed by atoms with Crippen molar-refractivity contribution in [2.45, 2.75) is 13.1 Å². The maximum absolute atomic E-state index is 13.5. The Bertz CT molecular complexity index is 1170. The van der Waals surface area contributed by atoms with E-state index in [2.05, 4.69) is 5.32 Å². The van der Waals surface area contributed by atoms with Gasteiger partial charge < -0.3 is 23.9 Å². The molecule has 0 saturated carbocycles. The number of methoxy groups -OCH3 is 1. The van der Waals surface area contributed by atoms with Crippen LogP contribution < -0.4 is 19.7 Å². The van der Waals surface area contributed by atoms with Crippen molar-refractivity contribution in [2.75, 3.05) is 24.1 Å². The molecule has 2 aliphatic rings. The summed E-state index contributed by atoms with van der Waals surface area (Å²) in [4.78, 5) is 27.1. The summed E-state index contributed by atoms with van der Waals surface area (Å²) in [7, 11) is 1.31. The highest BCUT2D eigenvalue weighted by Gasteiger charge is 2.37. The van der Waals surface area contributed by atoms with Gasteiger partial charge in [0.05, 0.1) is 18.4 Å². The minimum atomic E-state index is -0.676. The third kappa shape index (κ3) is 2.76. The summed E-state index contributed by atoms with van der Waals surface area (Å²) in [6, 6.07) is 14.1. The highest BCUT2D eigenvalue weighted by Crippen LogP contribution is 2.41. The van der Waals surface area contributed by atoms with Crippen LogP contribution in [-0.2, 0) is 4.74 Å². The summed E-state index contributed by atoms with van der Waals surface area (Å²) in [6.07, 6.45) is -0.676. The van der Waals surface area contributed by atoms with Gasteiger partial charge in [-0.2, -0.15) is 0 Å². The summed E-state index contributed by atoms with van der Waals surface area (Å²) < 4.78 is 21.6. The second-order valence-corrected chi connectivity index (χ2v) is 6.92. The lowest BCUT2D eigenvalue weighted by atomic mass is 10.0. The molecular weight excluding hydrogens is 388 g/mol. The van der Waals surface area contributed by atoms with E-state index in [0.717, 1.165) is 0 Å². The van der Waals surface area contributed by atoms with Gasteiger partial charge in [0.1, 0.15) is 17.1 Å². The smallest absolute Gasteiger partial charge is 0.341 e. The number of carbonyl (C=O) groups is 2. The van der Waals surface area contributed by atoms with E-state index in [1.54, 1.807) is 42.2 Å². The number of anilines is 2. The van der Waals surface area contributed by atoms with Gasteiger partial charge in [-0.3, -0.25) is 9.69 Å². The highest BCUT2D eigenvalue weighted by molar-refractivity contribution is 6.12. The molecule has 8 nitrogen and oxygen atoms in total. The van der Waals surface area contributed by atoms with Crippen molar-refractivity contribution in [1.29, 1.82) is 0 Å². The number of carbonyl (C=O) groups excluding carboxylic acids is 2. The Kier molecular flexibility index (Phi) is 4.13. The Morgan fingerprint density at radius 3 is 2.77 bits per heavy atom. The van der Waals surface area contributed by atoms with Crippen LogP contribution in [0.15, 0.2) is 52.9 Å². The molecule has 5 rings (SSSR count). The second kappa shape index (κ2) is 6.84. The summed E-state index contributed by atoms with van der Waals surface area (Å²) in [5.74, 6) is 1.30. The normalized spacial score (nSPS) is 16.8. The average Bonchev–Trinajstić information content (AvgIpc) is 3.39. The van der Waals surface area contributed by atoms with E-state index >= 15 is 0 Å². The molecule has 0 saturated heterocycles. The number of hydrogen-bond donors (Lipinski definition) is 1. The zero-order valence-corrected chi connectivity index (χ0v) is 16.3. The lowest BCUT2D eigenvalue weighted by Crippen LogP contribution is -2.43. The van der Waals surface area contributed by atoms with Gasteiger partial charge in [0.25, 0.3) is 5.91 Å². The maximum Gasteiger partial charge on any atom is 0.341 e. The lowest BCUT2D eigenvalue weighted by Gasteiger charge is -2.36. The van der Waals surface area contributed by atoms with Crippen molar-refractivity contribution < 1.29 is 28.2 Å². The molecule has 0 bridgehead atoms. The van der Waals surface area contributed by atoms with Gasteiger partial charge in [0, 0.05) is 11.8 Å². The second-order valence-electron chi connectivity index (χ2n) is 6.92. The first kappa shape index (κ1) is 18.1. The fourth-order valence-electron chi connectivity index (χ4n) is 3.71. The quantitative estimate of drug-likeness (QED) is 0.660. The van der Waals surface area contributed by atoms with Gasteiger partial charge in [-0.05, 0) is 37.3 Å². The molecule has 0 spiro atoms. The van der Waals surface area contributed by atoms with Gasteiger partial charge in [0.2, 0.25) is 6.79 Å². The average molecular weight is 406 g/mol.